The standard InChI is InChI=1S/C26H29FN8O2/c1-16-11-28-14-21(31-16)20-10-22-17(12-29-20)13-30-35(22)23-8-7-19(27)24(33-23)34-9-5-6-18(15-34)32-25(36)37-26(2,3)4/h7-8,10-14,18H,5-6,9,15H2,1-4H3,(H,32,36)/t18-/m0/s1. The van der Waals surface area contributed by atoms with Crippen LogP contribution in [-0.4, -0.2) is 60.5 Å². The number of alkyl carbamates (subject to hydrolysis) is 1. The number of rotatable bonds is 4. The average molecular weight is 505 g/mol. The van der Waals surface area contributed by atoms with Crippen molar-refractivity contribution in [1.82, 2.24) is 35.0 Å². The number of carbonyl (C=O) groups is 1. The van der Waals surface area contributed by atoms with Crippen LogP contribution in [-0.2, 0) is 4.74 Å². The molecule has 1 N–H and O–H groups in total. The highest BCUT2D eigenvalue weighted by atomic mass is 19.1. The van der Waals surface area contributed by atoms with E-state index >= 15 is 0 Å². The lowest BCUT2D eigenvalue weighted by Crippen LogP contribution is -2.49. The minimum absolute atomic E-state index is 0.178. The number of carbonyl (C=O) groups excluding carboxylic acids is 1. The van der Waals surface area contributed by atoms with E-state index < -0.39 is 17.5 Å². The number of ether oxygens (including phenoxy) is 1. The van der Waals surface area contributed by atoms with E-state index in [4.69, 9.17) is 4.74 Å². The van der Waals surface area contributed by atoms with Crippen molar-refractivity contribution >= 4 is 22.8 Å². The van der Waals surface area contributed by atoms with Crippen LogP contribution in [0.25, 0.3) is 28.1 Å². The van der Waals surface area contributed by atoms with Crippen molar-refractivity contribution in [2.45, 2.75) is 52.2 Å². The number of pyridine rings is 2. The molecule has 4 aromatic rings. The fourth-order valence-corrected chi connectivity index (χ4v) is 4.35. The molecular weight excluding hydrogens is 475 g/mol. The molecule has 0 unspecified atom stereocenters. The predicted molar refractivity (Wildman–Crippen MR) is 137 cm³/mol. The number of fused-ring (bicyclic) bond motifs is 1. The number of piperidine rings is 1. The third kappa shape index (κ3) is 5.50. The Morgan fingerprint density at radius 3 is 2.76 bits per heavy atom. The quantitative estimate of drug-likeness (QED) is 0.440. The van der Waals surface area contributed by atoms with E-state index in [1.54, 1.807) is 35.5 Å². The molecule has 5 rings (SSSR count). The highest BCUT2D eigenvalue weighted by molar-refractivity contribution is 5.82. The first-order chi connectivity index (χ1) is 17.7. The molecule has 11 heteroatoms. The van der Waals surface area contributed by atoms with Gasteiger partial charge in [-0.1, -0.05) is 0 Å². The molecule has 37 heavy (non-hydrogen) atoms. The van der Waals surface area contributed by atoms with E-state index in [2.05, 4.69) is 30.4 Å². The maximum absolute atomic E-state index is 15.0. The van der Waals surface area contributed by atoms with Crippen molar-refractivity contribution < 1.29 is 13.9 Å². The summed E-state index contributed by atoms with van der Waals surface area (Å²) in [6.07, 6.45) is 7.84. The van der Waals surface area contributed by atoms with Crippen molar-refractivity contribution in [2.75, 3.05) is 18.0 Å². The molecule has 1 fully saturated rings. The van der Waals surface area contributed by atoms with Crippen LogP contribution >= 0.6 is 0 Å². The number of nitrogens with one attached hydrogen (secondary N) is 1. The molecule has 5 heterocycles. The largest absolute Gasteiger partial charge is 0.444 e. The van der Waals surface area contributed by atoms with E-state index in [9.17, 15) is 9.18 Å². The summed E-state index contributed by atoms with van der Waals surface area (Å²) in [4.78, 5) is 31.9. The first-order valence-electron chi connectivity index (χ1n) is 12.2. The summed E-state index contributed by atoms with van der Waals surface area (Å²) >= 11 is 0. The Bertz CT molecular complexity index is 1450. The van der Waals surface area contributed by atoms with Gasteiger partial charge in [0.2, 0.25) is 0 Å². The van der Waals surface area contributed by atoms with Crippen molar-refractivity contribution in [1.29, 1.82) is 0 Å². The number of halogens is 1. The highest BCUT2D eigenvalue weighted by Gasteiger charge is 2.27. The maximum Gasteiger partial charge on any atom is 0.407 e. The zero-order valence-corrected chi connectivity index (χ0v) is 21.3. The van der Waals surface area contributed by atoms with E-state index in [0.29, 0.717) is 30.3 Å². The zero-order chi connectivity index (χ0) is 26.2. The fraction of sp³-hybridized carbons (Fsp3) is 0.385. The van der Waals surface area contributed by atoms with Crippen LogP contribution in [0.1, 0.15) is 39.3 Å². The zero-order valence-electron chi connectivity index (χ0n) is 21.3. The molecule has 192 valence electrons. The van der Waals surface area contributed by atoms with Crippen LogP contribution < -0.4 is 10.2 Å². The number of hydrogen-bond donors (Lipinski definition) is 1. The number of aromatic nitrogens is 6. The normalized spacial score (nSPS) is 16.1. The summed E-state index contributed by atoms with van der Waals surface area (Å²) in [5.41, 5.74) is 2.27. The molecule has 0 aromatic carbocycles. The number of nitrogens with zero attached hydrogens (tertiary/aromatic N) is 7. The lowest BCUT2D eigenvalue weighted by atomic mass is 10.1. The molecule has 0 saturated carbocycles. The Morgan fingerprint density at radius 1 is 1.14 bits per heavy atom. The third-order valence-corrected chi connectivity index (χ3v) is 5.94. The molecule has 1 aliphatic rings. The number of aryl methyl sites for hydroxylation is 1. The van der Waals surface area contributed by atoms with Gasteiger partial charge in [-0.05, 0) is 58.7 Å². The van der Waals surface area contributed by atoms with Crippen molar-refractivity contribution in [2.24, 2.45) is 0 Å². The van der Waals surface area contributed by atoms with Crippen LogP contribution in [0.4, 0.5) is 15.0 Å². The van der Waals surface area contributed by atoms with Gasteiger partial charge in [0.1, 0.15) is 11.3 Å². The summed E-state index contributed by atoms with van der Waals surface area (Å²) in [5.74, 6) is 0.257. The van der Waals surface area contributed by atoms with Gasteiger partial charge in [-0.25, -0.2) is 23.8 Å². The highest BCUT2D eigenvalue weighted by Crippen LogP contribution is 2.26. The van der Waals surface area contributed by atoms with Gasteiger partial charge in [0.25, 0.3) is 0 Å². The summed E-state index contributed by atoms with van der Waals surface area (Å²) < 4.78 is 22.0. The van der Waals surface area contributed by atoms with E-state index in [0.717, 1.165) is 29.4 Å². The lowest BCUT2D eigenvalue weighted by molar-refractivity contribution is 0.0500. The lowest BCUT2D eigenvalue weighted by Gasteiger charge is -2.34. The fourth-order valence-electron chi connectivity index (χ4n) is 4.35. The Balaban J connectivity index is 1.42. The van der Waals surface area contributed by atoms with Crippen LogP contribution in [0.15, 0.2) is 43.0 Å². The second kappa shape index (κ2) is 9.72. The summed E-state index contributed by atoms with van der Waals surface area (Å²) in [5, 5.41) is 8.20. The first-order valence-corrected chi connectivity index (χ1v) is 12.2. The van der Waals surface area contributed by atoms with E-state index in [1.807, 2.05) is 38.7 Å². The van der Waals surface area contributed by atoms with Crippen LogP contribution in [0, 0.1) is 12.7 Å². The third-order valence-electron chi connectivity index (χ3n) is 5.94. The molecule has 0 radical (unpaired) electrons. The van der Waals surface area contributed by atoms with Gasteiger partial charge in [0, 0.05) is 36.9 Å². The second-order valence-electron chi connectivity index (χ2n) is 10.1. The topological polar surface area (TPSA) is 111 Å². The molecule has 1 saturated heterocycles. The van der Waals surface area contributed by atoms with Crippen molar-refractivity contribution in [3.8, 4) is 17.2 Å². The number of anilines is 1. The Kier molecular flexibility index (Phi) is 6.45. The van der Waals surface area contributed by atoms with E-state index in [1.165, 1.54) is 6.07 Å². The Hall–Kier alpha value is -4.15. The molecule has 1 atom stereocenters. The van der Waals surface area contributed by atoms with Gasteiger partial charge in [-0.3, -0.25) is 9.97 Å². The van der Waals surface area contributed by atoms with Crippen LogP contribution in [0.2, 0.25) is 0 Å². The Labute approximate surface area is 213 Å². The summed E-state index contributed by atoms with van der Waals surface area (Å²) in [6, 6.07) is 4.68. The average Bonchev–Trinajstić information content (AvgIpc) is 3.26. The van der Waals surface area contributed by atoms with E-state index in [-0.39, 0.29) is 11.9 Å². The monoisotopic (exact) mass is 504 g/mol. The molecular formula is C26H29FN8O2. The van der Waals surface area contributed by atoms with Gasteiger partial charge in [-0.15, -0.1) is 0 Å². The first kappa shape index (κ1) is 24.5. The molecule has 0 spiro atoms. The van der Waals surface area contributed by atoms with Crippen LogP contribution in [0.3, 0.4) is 0 Å². The molecule has 0 aliphatic carbocycles. The van der Waals surface area contributed by atoms with Gasteiger partial charge >= 0.3 is 6.09 Å². The van der Waals surface area contributed by atoms with Gasteiger partial charge in [-0.2, -0.15) is 5.10 Å². The van der Waals surface area contributed by atoms with Gasteiger partial charge in [0.05, 0.1) is 29.3 Å². The Morgan fingerprint density at radius 2 is 1.97 bits per heavy atom. The number of hydrogen-bond acceptors (Lipinski definition) is 8. The molecule has 1 amide bonds. The second-order valence-corrected chi connectivity index (χ2v) is 10.1. The van der Waals surface area contributed by atoms with Crippen molar-refractivity contribution in [3.63, 3.8) is 0 Å². The SMILES string of the molecule is Cc1cncc(-c2cc3c(cn2)cnn3-c2ccc(F)c(N3CCC[C@H](NC(=O)OC(C)(C)C)C3)n2)n1. The molecule has 10 nitrogen and oxygen atoms in total. The van der Waals surface area contributed by atoms with Gasteiger partial charge in [0.15, 0.2) is 17.5 Å². The molecule has 4 aromatic heterocycles. The van der Waals surface area contributed by atoms with Crippen LogP contribution in [0.5, 0.6) is 0 Å². The maximum atomic E-state index is 15.0. The summed E-state index contributed by atoms with van der Waals surface area (Å²) in [6.45, 7) is 8.37. The minimum Gasteiger partial charge on any atom is -0.444 e. The summed E-state index contributed by atoms with van der Waals surface area (Å²) in [7, 11) is 0. The molecule has 0 bridgehead atoms. The van der Waals surface area contributed by atoms with Crippen molar-refractivity contribution in [3.05, 3.63) is 54.5 Å². The minimum atomic E-state index is -0.589. The smallest absolute Gasteiger partial charge is 0.407 e. The number of amides is 1. The molecule has 1 aliphatic heterocycles. The van der Waals surface area contributed by atoms with Gasteiger partial charge < -0.3 is 15.0 Å². The predicted octanol–water partition coefficient (Wildman–Crippen LogP) is 4.21.